The van der Waals surface area contributed by atoms with E-state index in [9.17, 15) is 4.79 Å². The maximum atomic E-state index is 13.2. The van der Waals surface area contributed by atoms with E-state index in [1.165, 1.54) is 5.56 Å². The van der Waals surface area contributed by atoms with E-state index >= 15 is 0 Å². The van der Waals surface area contributed by atoms with Crippen LogP contribution in [0.5, 0.6) is 5.75 Å². The van der Waals surface area contributed by atoms with E-state index in [4.69, 9.17) is 21.3 Å². The lowest BCUT2D eigenvalue weighted by atomic mass is 10.1. The molecule has 0 radical (unpaired) electrons. The molecule has 3 aromatic carbocycles. The SMILES string of the molecule is Cc1ccc(OCCCCCn2c(-c3ccc(Cl)cc3)nc3ccccc3c2=O)c(C)c1. The Hall–Kier alpha value is -3.11. The summed E-state index contributed by atoms with van der Waals surface area (Å²) in [6, 6.07) is 21.2. The average Bonchev–Trinajstić information content (AvgIpc) is 2.79. The van der Waals surface area contributed by atoms with Crippen LogP contribution in [0.1, 0.15) is 30.4 Å². The Labute approximate surface area is 193 Å². The molecule has 0 saturated heterocycles. The number of aryl methyl sites for hydroxylation is 2. The number of nitrogens with zero attached hydrogens (tertiary/aromatic N) is 2. The highest BCUT2D eigenvalue weighted by atomic mass is 35.5. The predicted molar refractivity (Wildman–Crippen MR) is 132 cm³/mol. The first-order valence-electron chi connectivity index (χ1n) is 11.0. The van der Waals surface area contributed by atoms with Gasteiger partial charge in [-0.15, -0.1) is 0 Å². The number of ether oxygens (including phenoxy) is 1. The average molecular weight is 447 g/mol. The summed E-state index contributed by atoms with van der Waals surface area (Å²) in [5.41, 5.74) is 3.98. The smallest absolute Gasteiger partial charge is 0.261 e. The number of hydrogen-bond donors (Lipinski definition) is 0. The third kappa shape index (κ3) is 5.03. The second-order valence-electron chi connectivity index (χ2n) is 8.09. The molecule has 5 heteroatoms. The molecule has 0 N–H and O–H groups in total. The van der Waals surface area contributed by atoms with E-state index in [1.54, 1.807) is 4.57 Å². The number of aromatic nitrogens is 2. The molecule has 164 valence electrons. The molecule has 0 spiro atoms. The van der Waals surface area contributed by atoms with Crippen LogP contribution in [0.3, 0.4) is 0 Å². The van der Waals surface area contributed by atoms with Gasteiger partial charge in [0, 0.05) is 17.1 Å². The summed E-state index contributed by atoms with van der Waals surface area (Å²) in [5.74, 6) is 1.62. The van der Waals surface area contributed by atoms with Gasteiger partial charge in [-0.2, -0.15) is 0 Å². The molecule has 0 bridgehead atoms. The molecule has 1 aromatic heterocycles. The van der Waals surface area contributed by atoms with Gasteiger partial charge in [-0.3, -0.25) is 9.36 Å². The van der Waals surface area contributed by atoms with Crippen molar-refractivity contribution in [2.45, 2.75) is 39.7 Å². The molecule has 4 aromatic rings. The highest BCUT2D eigenvalue weighted by Crippen LogP contribution is 2.22. The number of hydrogen-bond acceptors (Lipinski definition) is 3. The summed E-state index contributed by atoms with van der Waals surface area (Å²) < 4.78 is 7.72. The summed E-state index contributed by atoms with van der Waals surface area (Å²) in [6.45, 7) is 5.43. The third-order valence-electron chi connectivity index (χ3n) is 5.58. The maximum Gasteiger partial charge on any atom is 0.261 e. The zero-order chi connectivity index (χ0) is 22.5. The summed E-state index contributed by atoms with van der Waals surface area (Å²) in [4.78, 5) is 18.0. The van der Waals surface area contributed by atoms with Gasteiger partial charge < -0.3 is 4.74 Å². The van der Waals surface area contributed by atoms with Crippen LogP contribution in [0.15, 0.2) is 71.5 Å². The van der Waals surface area contributed by atoms with Crippen LogP contribution >= 0.6 is 11.6 Å². The number of rotatable bonds is 8. The van der Waals surface area contributed by atoms with Crippen LogP contribution in [0.2, 0.25) is 5.02 Å². The van der Waals surface area contributed by atoms with Gasteiger partial charge in [0.25, 0.3) is 5.56 Å². The molecule has 0 saturated carbocycles. The molecule has 0 atom stereocenters. The number of fused-ring (bicyclic) bond motifs is 1. The number of halogens is 1. The van der Waals surface area contributed by atoms with E-state index in [-0.39, 0.29) is 5.56 Å². The minimum Gasteiger partial charge on any atom is -0.493 e. The van der Waals surface area contributed by atoms with Crippen molar-refractivity contribution in [3.05, 3.63) is 93.2 Å². The fourth-order valence-corrected chi connectivity index (χ4v) is 4.01. The summed E-state index contributed by atoms with van der Waals surface area (Å²) in [7, 11) is 0. The molecular formula is C27H27ClN2O2. The van der Waals surface area contributed by atoms with Crippen LogP contribution in [-0.4, -0.2) is 16.2 Å². The molecule has 0 unspecified atom stereocenters. The Balaban J connectivity index is 1.46. The van der Waals surface area contributed by atoms with Crippen molar-refractivity contribution in [3.8, 4) is 17.1 Å². The molecule has 0 aliphatic carbocycles. The molecular weight excluding hydrogens is 420 g/mol. The summed E-state index contributed by atoms with van der Waals surface area (Å²) in [6.07, 6.45) is 2.76. The van der Waals surface area contributed by atoms with Crippen molar-refractivity contribution < 1.29 is 4.74 Å². The minimum absolute atomic E-state index is 0.00733. The van der Waals surface area contributed by atoms with E-state index in [1.807, 2.05) is 54.6 Å². The zero-order valence-corrected chi connectivity index (χ0v) is 19.2. The van der Waals surface area contributed by atoms with Crippen LogP contribution in [-0.2, 0) is 6.54 Å². The molecule has 1 heterocycles. The van der Waals surface area contributed by atoms with Gasteiger partial charge in [-0.05, 0) is 81.1 Å². The Morgan fingerprint density at radius 1 is 0.938 bits per heavy atom. The second-order valence-corrected chi connectivity index (χ2v) is 8.53. The molecule has 0 aliphatic heterocycles. The van der Waals surface area contributed by atoms with Crippen molar-refractivity contribution in [3.63, 3.8) is 0 Å². The Kier molecular flexibility index (Phi) is 6.91. The van der Waals surface area contributed by atoms with Gasteiger partial charge in [-0.25, -0.2) is 4.98 Å². The van der Waals surface area contributed by atoms with E-state index < -0.39 is 0 Å². The van der Waals surface area contributed by atoms with Crippen LogP contribution in [0.4, 0.5) is 0 Å². The van der Waals surface area contributed by atoms with Crippen LogP contribution in [0, 0.1) is 13.8 Å². The molecule has 0 aliphatic rings. The number of unbranched alkanes of at least 4 members (excludes halogenated alkanes) is 2. The van der Waals surface area contributed by atoms with Gasteiger partial charge in [0.15, 0.2) is 0 Å². The molecule has 32 heavy (non-hydrogen) atoms. The minimum atomic E-state index is -0.00733. The van der Waals surface area contributed by atoms with Crippen LogP contribution < -0.4 is 10.3 Å². The lowest BCUT2D eigenvalue weighted by Gasteiger charge is -2.14. The lowest BCUT2D eigenvalue weighted by molar-refractivity contribution is 0.302. The fraction of sp³-hybridized carbons (Fsp3) is 0.259. The second kappa shape index (κ2) is 10.0. The normalized spacial score (nSPS) is 11.1. The van der Waals surface area contributed by atoms with Gasteiger partial charge in [0.2, 0.25) is 0 Å². The standard InChI is InChI=1S/C27H27ClN2O2/c1-19-10-15-25(20(2)18-19)32-17-7-3-6-16-30-26(21-11-13-22(28)14-12-21)29-24-9-5-4-8-23(24)27(30)31/h4-5,8-15,18H,3,6-7,16-17H2,1-2H3. The Morgan fingerprint density at radius 2 is 1.72 bits per heavy atom. The van der Waals surface area contributed by atoms with Crippen LogP contribution in [0.25, 0.3) is 22.3 Å². The van der Waals surface area contributed by atoms with Crippen molar-refractivity contribution >= 4 is 22.5 Å². The number of benzene rings is 3. The van der Waals surface area contributed by atoms with E-state index in [0.717, 1.165) is 36.1 Å². The van der Waals surface area contributed by atoms with Gasteiger partial charge in [-0.1, -0.05) is 41.4 Å². The quantitative estimate of drug-likeness (QED) is 0.287. The van der Waals surface area contributed by atoms with E-state index in [0.29, 0.717) is 34.9 Å². The maximum absolute atomic E-state index is 13.2. The summed E-state index contributed by atoms with van der Waals surface area (Å²) in [5, 5.41) is 1.30. The fourth-order valence-electron chi connectivity index (χ4n) is 3.89. The van der Waals surface area contributed by atoms with Crippen molar-refractivity contribution in [2.75, 3.05) is 6.61 Å². The predicted octanol–water partition coefficient (Wildman–Crippen LogP) is 6.58. The molecule has 0 amide bonds. The van der Waals surface area contributed by atoms with Gasteiger partial charge >= 0.3 is 0 Å². The lowest BCUT2D eigenvalue weighted by Crippen LogP contribution is -2.23. The Morgan fingerprint density at radius 3 is 2.50 bits per heavy atom. The highest BCUT2D eigenvalue weighted by molar-refractivity contribution is 6.30. The van der Waals surface area contributed by atoms with Gasteiger partial charge in [0.05, 0.1) is 17.5 Å². The molecule has 0 fully saturated rings. The first kappa shape index (κ1) is 22.1. The van der Waals surface area contributed by atoms with Crippen molar-refractivity contribution in [1.82, 2.24) is 9.55 Å². The first-order chi connectivity index (χ1) is 15.5. The Bertz CT molecular complexity index is 1280. The molecule has 4 rings (SSSR count). The topological polar surface area (TPSA) is 44.1 Å². The number of para-hydroxylation sites is 1. The van der Waals surface area contributed by atoms with Crippen molar-refractivity contribution in [2.24, 2.45) is 0 Å². The first-order valence-corrected chi connectivity index (χ1v) is 11.4. The highest BCUT2D eigenvalue weighted by Gasteiger charge is 2.12. The zero-order valence-electron chi connectivity index (χ0n) is 18.5. The summed E-state index contributed by atoms with van der Waals surface area (Å²) >= 11 is 6.06. The molecule has 4 nitrogen and oxygen atoms in total. The monoisotopic (exact) mass is 446 g/mol. The third-order valence-corrected chi connectivity index (χ3v) is 5.83. The van der Waals surface area contributed by atoms with E-state index in [2.05, 4.69) is 26.0 Å². The largest absolute Gasteiger partial charge is 0.493 e. The van der Waals surface area contributed by atoms with Crippen molar-refractivity contribution in [1.29, 1.82) is 0 Å². The van der Waals surface area contributed by atoms with Gasteiger partial charge in [0.1, 0.15) is 11.6 Å².